The van der Waals surface area contributed by atoms with Crippen LogP contribution < -0.4 is 0 Å². The smallest absolute Gasteiger partial charge is 0.227 e. The highest BCUT2D eigenvalue weighted by Crippen LogP contribution is 2.20. The topological polar surface area (TPSA) is 20.3 Å². The molecule has 0 N–H and O–H groups in total. The zero-order valence-electron chi connectivity index (χ0n) is 9.92. The van der Waals surface area contributed by atoms with Gasteiger partial charge in [0.2, 0.25) is 5.91 Å². The Kier molecular flexibility index (Phi) is 4.61. The third-order valence-corrected chi connectivity index (χ3v) is 1.95. The number of amides is 1. The van der Waals surface area contributed by atoms with E-state index in [0.717, 1.165) is 5.70 Å². The summed E-state index contributed by atoms with van der Waals surface area (Å²) in [4.78, 5) is 13.4. The van der Waals surface area contributed by atoms with E-state index in [0.29, 0.717) is 6.42 Å². The van der Waals surface area contributed by atoms with Crippen LogP contribution in [0.1, 0.15) is 34.1 Å². The van der Waals surface area contributed by atoms with E-state index in [9.17, 15) is 4.79 Å². The molecule has 0 spiro atoms. The third kappa shape index (κ3) is 4.26. The van der Waals surface area contributed by atoms with E-state index in [2.05, 4.69) is 27.4 Å². The first-order chi connectivity index (χ1) is 6.31. The van der Waals surface area contributed by atoms with Crippen LogP contribution in [-0.2, 0) is 4.79 Å². The van der Waals surface area contributed by atoms with Gasteiger partial charge >= 0.3 is 0 Å². The van der Waals surface area contributed by atoms with Crippen molar-refractivity contribution in [3.05, 3.63) is 24.4 Å². The van der Waals surface area contributed by atoms with E-state index in [1.165, 1.54) is 0 Å². The number of carbonyl (C=O) groups is 1. The van der Waals surface area contributed by atoms with Crippen LogP contribution in [0.3, 0.4) is 0 Å². The molecule has 0 aromatic rings. The second kappa shape index (κ2) is 4.99. The lowest BCUT2D eigenvalue weighted by Gasteiger charge is -2.23. The fourth-order valence-electron chi connectivity index (χ4n) is 1.16. The van der Waals surface area contributed by atoms with Crippen molar-refractivity contribution >= 4 is 5.91 Å². The van der Waals surface area contributed by atoms with Gasteiger partial charge in [-0.05, 0) is 18.4 Å². The number of allylic oxidation sites excluding steroid dienone is 2. The van der Waals surface area contributed by atoms with Gasteiger partial charge < -0.3 is 4.90 Å². The van der Waals surface area contributed by atoms with Gasteiger partial charge in [0.05, 0.1) is 0 Å². The molecule has 0 bridgehead atoms. The van der Waals surface area contributed by atoms with Gasteiger partial charge in [-0.3, -0.25) is 4.79 Å². The lowest BCUT2D eigenvalue weighted by Crippen LogP contribution is -2.28. The zero-order chi connectivity index (χ0) is 11.4. The van der Waals surface area contributed by atoms with Crippen molar-refractivity contribution in [3.8, 4) is 0 Å². The summed E-state index contributed by atoms with van der Waals surface area (Å²) in [6.45, 7) is 11.7. The predicted octanol–water partition coefficient (Wildman–Crippen LogP) is 2.97. The van der Waals surface area contributed by atoms with Gasteiger partial charge in [0.25, 0.3) is 0 Å². The van der Waals surface area contributed by atoms with Crippen LogP contribution in [0.4, 0.5) is 0 Å². The Morgan fingerprint density at radius 2 is 1.93 bits per heavy atom. The molecule has 0 aliphatic rings. The Morgan fingerprint density at radius 1 is 1.43 bits per heavy atom. The molecular weight excluding hydrogens is 174 g/mol. The summed E-state index contributed by atoms with van der Waals surface area (Å²) in [7, 11) is 1.78. The predicted molar refractivity (Wildman–Crippen MR) is 60.8 cm³/mol. The summed E-state index contributed by atoms with van der Waals surface area (Å²) in [5, 5.41) is 0. The van der Waals surface area contributed by atoms with Crippen LogP contribution >= 0.6 is 0 Å². The van der Waals surface area contributed by atoms with Gasteiger partial charge in [-0.2, -0.15) is 0 Å². The van der Waals surface area contributed by atoms with E-state index < -0.39 is 0 Å². The van der Waals surface area contributed by atoms with E-state index >= 15 is 0 Å². The first-order valence-electron chi connectivity index (χ1n) is 4.87. The van der Waals surface area contributed by atoms with Crippen molar-refractivity contribution in [2.24, 2.45) is 5.41 Å². The van der Waals surface area contributed by atoms with Gasteiger partial charge in [-0.15, -0.1) is 0 Å². The monoisotopic (exact) mass is 195 g/mol. The van der Waals surface area contributed by atoms with Crippen LogP contribution in [0.2, 0.25) is 0 Å². The first-order valence-corrected chi connectivity index (χ1v) is 4.87. The molecule has 14 heavy (non-hydrogen) atoms. The van der Waals surface area contributed by atoms with Gasteiger partial charge in [-0.25, -0.2) is 0 Å². The summed E-state index contributed by atoms with van der Waals surface area (Å²) < 4.78 is 0. The molecular formula is C12H21NO. The number of likely N-dealkylation sites (N-methyl/N-ethyl adjacent to an activating group) is 1. The average Bonchev–Trinajstić information content (AvgIpc) is 2.03. The highest BCUT2D eigenvalue weighted by Gasteiger charge is 2.19. The molecule has 2 heteroatoms. The fraction of sp³-hybridized carbons (Fsp3) is 0.583. The van der Waals surface area contributed by atoms with Gasteiger partial charge in [0.1, 0.15) is 0 Å². The standard InChI is InChI=1S/C12H21NO/c1-7-10(8-2)13(6)11(14)9-12(3,4)5/h7-8H,1,9H2,2-6H3. The average molecular weight is 195 g/mol. The molecule has 0 aliphatic carbocycles. The zero-order valence-corrected chi connectivity index (χ0v) is 9.92. The van der Waals surface area contributed by atoms with Crippen molar-refractivity contribution in [1.29, 1.82) is 0 Å². The largest absolute Gasteiger partial charge is 0.316 e. The van der Waals surface area contributed by atoms with E-state index in [1.807, 2.05) is 13.0 Å². The second-order valence-electron chi connectivity index (χ2n) is 4.61. The minimum Gasteiger partial charge on any atom is -0.316 e. The first kappa shape index (κ1) is 12.9. The van der Waals surface area contributed by atoms with Gasteiger partial charge in [0.15, 0.2) is 0 Å². The molecule has 0 fully saturated rings. The van der Waals surface area contributed by atoms with Crippen LogP contribution in [0, 0.1) is 5.41 Å². The molecule has 1 amide bonds. The summed E-state index contributed by atoms with van der Waals surface area (Å²) in [6.07, 6.45) is 4.13. The highest BCUT2D eigenvalue weighted by molar-refractivity contribution is 5.78. The summed E-state index contributed by atoms with van der Waals surface area (Å²) in [5.74, 6) is 0.130. The molecule has 0 aromatic heterocycles. The van der Waals surface area contributed by atoms with E-state index in [1.54, 1.807) is 18.0 Å². The Hall–Kier alpha value is -1.05. The Labute approximate surface area is 87.3 Å². The van der Waals surface area contributed by atoms with Gasteiger partial charge in [-0.1, -0.05) is 33.4 Å². The van der Waals surface area contributed by atoms with Crippen molar-refractivity contribution < 1.29 is 4.79 Å². The maximum absolute atomic E-state index is 11.8. The number of hydrogen-bond donors (Lipinski definition) is 0. The Bertz CT molecular complexity index is 246. The maximum atomic E-state index is 11.8. The molecule has 2 nitrogen and oxygen atoms in total. The molecule has 0 aromatic carbocycles. The normalized spacial score (nSPS) is 12.5. The van der Waals surface area contributed by atoms with Gasteiger partial charge in [0, 0.05) is 19.2 Å². The summed E-state index contributed by atoms with van der Waals surface area (Å²) >= 11 is 0. The minimum atomic E-state index is 0.0331. The third-order valence-electron chi connectivity index (χ3n) is 1.95. The molecule has 0 rings (SSSR count). The second-order valence-corrected chi connectivity index (χ2v) is 4.61. The molecule has 0 unspecified atom stereocenters. The number of rotatable bonds is 3. The molecule has 0 saturated heterocycles. The molecule has 0 heterocycles. The van der Waals surface area contributed by atoms with Crippen LogP contribution in [0.5, 0.6) is 0 Å². The maximum Gasteiger partial charge on any atom is 0.227 e. The summed E-state index contributed by atoms with van der Waals surface area (Å²) in [5.41, 5.74) is 0.894. The van der Waals surface area contributed by atoms with Crippen LogP contribution in [-0.4, -0.2) is 17.9 Å². The van der Waals surface area contributed by atoms with Crippen molar-refractivity contribution in [3.63, 3.8) is 0 Å². The molecule has 0 radical (unpaired) electrons. The molecule has 80 valence electrons. The lowest BCUT2D eigenvalue weighted by molar-refractivity contribution is -0.129. The molecule has 0 atom stereocenters. The number of hydrogen-bond acceptors (Lipinski definition) is 1. The Morgan fingerprint density at radius 3 is 2.21 bits per heavy atom. The summed E-state index contributed by atoms with van der Waals surface area (Å²) in [6, 6.07) is 0. The number of carbonyl (C=O) groups excluding carboxylic acids is 1. The minimum absolute atomic E-state index is 0.0331. The van der Waals surface area contributed by atoms with E-state index in [-0.39, 0.29) is 11.3 Å². The quantitative estimate of drug-likeness (QED) is 0.634. The lowest BCUT2D eigenvalue weighted by atomic mass is 9.91. The van der Waals surface area contributed by atoms with Crippen molar-refractivity contribution in [2.45, 2.75) is 34.1 Å². The SMILES string of the molecule is C=CC(=CC)N(C)C(=O)CC(C)(C)C. The molecule has 0 saturated carbocycles. The van der Waals surface area contributed by atoms with E-state index in [4.69, 9.17) is 0 Å². The highest BCUT2D eigenvalue weighted by atomic mass is 16.2. The van der Waals surface area contributed by atoms with Crippen LogP contribution in [0.15, 0.2) is 24.4 Å². The Balaban J connectivity index is 4.48. The fourth-order valence-corrected chi connectivity index (χ4v) is 1.16. The van der Waals surface area contributed by atoms with Crippen LogP contribution in [0.25, 0.3) is 0 Å². The number of nitrogens with zero attached hydrogens (tertiary/aromatic N) is 1. The van der Waals surface area contributed by atoms with Crippen molar-refractivity contribution in [1.82, 2.24) is 4.90 Å². The van der Waals surface area contributed by atoms with Crippen molar-refractivity contribution in [2.75, 3.05) is 7.05 Å². The molecule has 0 aliphatic heterocycles.